The van der Waals surface area contributed by atoms with E-state index in [1.165, 1.54) is 4.90 Å². The third-order valence-corrected chi connectivity index (χ3v) is 10.5. The Kier molecular flexibility index (Phi) is 7.43. The van der Waals surface area contributed by atoms with Gasteiger partial charge in [-0.1, -0.05) is 39.3 Å². The van der Waals surface area contributed by atoms with E-state index in [1.807, 2.05) is 13.0 Å². The van der Waals surface area contributed by atoms with Gasteiger partial charge in [-0.25, -0.2) is 4.90 Å². The molecule has 2 aliphatic heterocycles. The fraction of sp³-hybridized carbons (Fsp3) is 0.667. The SMILES string of the molecule is CC(C)C[Si](C)(C)OCC[C@@H]1C(=O)N[C@@H]1[C@@H](C)C(=O)N1C(=O)c2ccccc2OC12CCCCC2. The normalized spacial score (nSPS) is 24.5. The van der Waals surface area contributed by atoms with Gasteiger partial charge in [-0.05, 0) is 56.5 Å². The minimum atomic E-state index is -1.78. The van der Waals surface area contributed by atoms with Crippen LogP contribution in [0.2, 0.25) is 19.1 Å². The zero-order valence-corrected chi connectivity index (χ0v) is 22.8. The van der Waals surface area contributed by atoms with Crippen LogP contribution in [0.5, 0.6) is 5.75 Å². The number of carbonyl (C=O) groups is 3. The van der Waals surface area contributed by atoms with Crippen LogP contribution in [-0.4, -0.2) is 49.3 Å². The molecule has 0 aromatic heterocycles. The largest absolute Gasteiger partial charge is 0.467 e. The molecule has 3 amide bonds. The van der Waals surface area contributed by atoms with Gasteiger partial charge in [0, 0.05) is 19.4 Å². The molecule has 8 heteroatoms. The fourth-order valence-electron chi connectivity index (χ4n) is 6.10. The molecule has 0 bridgehead atoms. The van der Waals surface area contributed by atoms with Crippen LogP contribution in [-0.2, 0) is 14.0 Å². The smallest absolute Gasteiger partial charge is 0.267 e. The molecule has 1 spiro atoms. The van der Waals surface area contributed by atoms with Crippen LogP contribution in [0.4, 0.5) is 0 Å². The highest BCUT2D eigenvalue weighted by Gasteiger charge is 2.54. The van der Waals surface area contributed by atoms with E-state index in [0.29, 0.717) is 43.1 Å². The van der Waals surface area contributed by atoms with Gasteiger partial charge in [-0.3, -0.25) is 14.4 Å². The highest BCUT2D eigenvalue weighted by molar-refractivity contribution is 6.71. The number of benzene rings is 1. The lowest BCUT2D eigenvalue weighted by Crippen LogP contribution is -2.67. The fourth-order valence-corrected chi connectivity index (χ4v) is 8.86. The van der Waals surface area contributed by atoms with E-state index in [4.69, 9.17) is 9.16 Å². The number of hydrogen-bond donors (Lipinski definition) is 1. The van der Waals surface area contributed by atoms with Gasteiger partial charge in [0.15, 0.2) is 14.0 Å². The number of carbonyl (C=O) groups excluding carboxylic acids is 3. The number of rotatable bonds is 8. The lowest BCUT2D eigenvalue weighted by molar-refractivity contribution is -0.161. The molecule has 192 valence electrons. The molecule has 1 aromatic rings. The molecule has 7 nitrogen and oxygen atoms in total. The van der Waals surface area contributed by atoms with Crippen molar-refractivity contribution < 1.29 is 23.5 Å². The summed E-state index contributed by atoms with van der Waals surface area (Å²) in [5.41, 5.74) is -0.516. The van der Waals surface area contributed by atoms with E-state index in [-0.39, 0.29) is 29.7 Å². The van der Waals surface area contributed by atoms with Crippen LogP contribution in [0.3, 0.4) is 0 Å². The van der Waals surface area contributed by atoms with Crippen molar-refractivity contribution in [1.29, 1.82) is 0 Å². The minimum absolute atomic E-state index is 0.0412. The van der Waals surface area contributed by atoms with Gasteiger partial charge >= 0.3 is 0 Å². The second kappa shape index (κ2) is 10.0. The van der Waals surface area contributed by atoms with Gasteiger partial charge < -0.3 is 14.5 Å². The Hall–Kier alpha value is -2.19. The van der Waals surface area contributed by atoms with Crippen LogP contribution in [0.1, 0.15) is 69.7 Å². The summed E-state index contributed by atoms with van der Waals surface area (Å²) in [6, 6.07) is 7.93. The number of β-lactam (4-membered cyclic amide) rings is 1. The van der Waals surface area contributed by atoms with Crippen LogP contribution >= 0.6 is 0 Å². The molecule has 2 fully saturated rings. The van der Waals surface area contributed by atoms with Crippen molar-refractivity contribution in [2.45, 2.75) is 90.2 Å². The molecule has 3 atom stereocenters. The van der Waals surface area contributed by atoms with Crippen LogP contribution < -0.4 is 10.1 Å². The van der Waals surface area contributed by atoms with Crippen LogP contribution in [0, 0.1) is 17.8 Å². The van der Waals surface area contributed by atoms with Crippen molar-refractivity contribution in [3.05, 3.63) is 29.8 Å². The zero-order chi connectivity index (χ0) is 25.4. The third kappa shape index (κ3) is 5.19. The van der Waals surface area contributed by atoms with Crippen LogP contribution in [0.25, 0.3) is 0 Å². The summed E-state index contributed by atoms with van der Waals surface area (Å²) in [6.45, 7) is 11.2. The van der Waals surface area contributed by atoms with Crippen molar-refractivity contribution in [3.63, 3.8) is 0 Å². The molecule has 3 aliphatic rings. The summed E-state index contributed by atoms with van der Waals surface area (Å²) in [4.78, 5) is 41.3. The lowest BCUT2D eigenvalue weighted by atomic mass is 9.78. The number of hydrogen-bond acceptors (Lipinski definition) is 5. The zero-order valence-electron chi connectivity index (χ0n) is 21.8. The first kappa shape index (κ1) is 25.9. The lowest BCUT2D eigenvalue weighted by Gasteiger charge is -2.50. The van der Waals surface area contributed by atoms with Gasteiger partial charge in [0.2, 0.25) is 11.8 Å². The Bertz CT molecular complexity index is 972. The molecule has 35 heavy (non-hydrogen) atoms. The molecular formula is C27H40N2O5Si. The number of fused-ring (bicyclic) bond motifs is 1. The molecule has 1 aromatic carbocycles. The number of amides is 3. The highest BCUT2D eigenvalue weighted by Crippen LogP contribution is 2.43. The summed E-state index contributed by atoms with van der Waals surface area (Å²) in [5.74, 6) is -0.287. The number of nitrogens with one attached hydrogen (secondary N) is 1. The van der Waals surface area contributed by atoms with Gasteiger partial charge in [0.25, 0.3) is 5.91 Å². The maximum Gasteiger partial charge on any atom is 0.267 e. The van der Waals surface area contributed by atoms with Gasteiger partial charge in [0.1, 0.15) is 5.75 Å². The molecule has 1 N–H and O–H groups in total. The quantitative estimate of drug-likeness (QED) is 0.412. The summed E-state index contributed by atoms with van der Waals surface area (Å²) >= 11 is 0. The van der Waals surface area contributed by atoms with E-state index in [9.17, 15) is 14.4 Å². The predicted octanol–water partition coefficient (Wildman–Crippen LogP) is 4.73. The van der Waals surface area contributed by atoms with Crippen molar-refractivity contribution >= 4 is 26.0 Å². The Morgan fingerprint density at radius 2 is 1.86 bits per heavy atom. The molecule has 0 unspecified atom stereocenters. The van der Waals surface area contributed by atoms with E-state index in [1.54, 1.807) is 18.2 Å². The molecule has 2 heterocycles. The van der Waals surface area contributed by atoms with E-state index in [2.05, 4.69) is 32.3 Å². The minimum Gasteiger partial charge on any atom is -0.467 e. The molecule has 4 rings (SSSR count). The average Bonchev–Trinajstić information content (AvgIpc) is 2.79. The standard InChI is InChI=1S/C27H40N2O5Si/c1-18(2)17-35(4,5)33-16-13-21-23(28-24(21)30)19(3)25(31)29-26(32)20-11-7-8-12-22(20)34-27(29)14-9-6-10-15-27/h7-8,11-12,18-19,21,23H,6,9-10,13-17H2,1-5H3,(H,28,30)/t19-,21+,23-/m1/s1. The van der Waals surface area contributed by atoms with E-state index in [0.717, 1.165) is 25.3 Å². The number of nitrogens with zero attached hydrogens (tertiary/aromatic N) is 1. The maximum absolute atomic E-state index is 13.9. The first-order valence-corrected chi connectivity index (χ1v) is 16.3. The average molecular weight is 501 g/mol. The first-order chi connectivity index (χ1) is 16.5. The van der Waals surface area contributed by atoms with Gasteiger partial charge in [-0.15, -0.1) is 0 Å². The Balaban J connectivity index is 1.48. The molecule has 1 saturated heterocycles. The van der Waals surface area contributed by atoms with Crippen LogP contribution in [0.15, 0.2) is 24.3 Å². The number of para-hydroxylation sites is 1. The summed E-state index contributed by atoms with van der Waals surface area (Å²) in [6.07, 6.45) is 4.73. The van der Waals surface area contributed by atoms with Crippen molar-refractivity contribution in [2.75, 3.05) is 6.61 Å². The Morgan fingerprint density at radius 3 is 2.51 bits per heavy atom. The van der Waals surface area contributed by atoms with Gasteiger partial charge in [-0.2, -0.15) is 0 Å². The molecule has 0 radical (unpaired) electrons. The Morgan fingerprint density at radius 1 is 1.17 bits per heavy atom. The van der Waals surface area contributed by atoms with Crippen molar-refractivity contribution in [2.24, 2.45) is 17.8 Å². The summed E-state index contributed by atoms with van der Waals surface area (Å²) < 4.78 is 12.6. The Labute approximate surface area is 210 Å². The predicted molar refractivity (Wildman–Crippen MR) is 136 cm³/mol. The molecular weight excluding hydrogens is 460 g/mol. The summed E-state index contributed by atoms with van der Waals surface area (Å²) in [5, 5.41) is 2.94. The van der Waals surface area contributed by atoms with Crippen molar-refractivity contribution in [3.8, 4) is 5.75 Å². The van der Waals surface area contributed by atoms with E-state index < -0.39 is 20.0 Å². The third-order valence-electron chi connectivity index (χ3n) is 7.71. The number of imide groups is 1. The highest BCUT2D eigenvalue weighted by atomic mass is 28.4. The first-order valence-electron chi connectivity index (χ1n) is 13.2. The summed E-state index contributed by atoms with van der Waals surface area (Å²) in [7, 11) is -1.78. The molecule has 1 aliphatic carbocycles. The number of ether oxygens (including phenoxy) is 1. The second-order valence-corrected chi connectivity index (χ2v) is 15.7. The second-order valence-electron chi connectivity index (χ2n) is 11.5. The monoisotopic (exact) mass is 500 g/mol. The topological polar surface area (TPSA) is 84.9 Å². The van der Waals surface area contributed by atoms with Crippen molar-refractivity contribution in [1.82, 2.24) is 10.2 Å². The van der Waals surface area contributed by atoms with E-state index >= 15 is 0 Å². The van der Waals surface area contributed by atoms with Gasteiger partial charge in [0.05, 0.1) is 23.4 Å². The molecule has 1 saturated carbocycles. The maximum atomic E-state index is 13.9.